The number of rotatable bonds is 9. The molecule has 0 radical (unpaired) electrons. The lowest BCUT2D eigenvalue weighted by atomic mass is 10.2. The first-order chi connectivity index (χ1) is 13.5. The smallest absolute Gasteiger partial charge is 0.343 e. The molecule has 28 heavy (non-hydrogen) atoms. The van der Waals surface area contributed by atoms with Crippen molar-refractivity contribution in [1.29, 1.82) is 0 Å². The molecule has 6 nitrogen and oxygen atoms in total. The number of halogens is 3. The van der Waals surface area contributed by atoms with Crippen LogP contribution in [0.4, 0.5) is 0 Å². The Morgan fingerprint density at radius 3 is 2.61 bits per heavy atom. The van der Waals surface area contributed by atoms with E-state index < -0.39 is 5.97 Å². The zero-order chi connectivity index (χ0) is 20.5. The molecule has 0 saturated heterocycles. The van der Waals surface area contributed by atoms with Gasteiger partial charge in [0.2, 0.25) is 0 Å². The van der Waals surface area contributed by atoms with Crippen LogP contribution in [0.2, 0.25) is 10.0 Å². The second kappa shape index (κ2) is 11.1. The minimum Gasteiger partial charge on any atom is -0.490 e. The third-order valence-corrected chi connectivity index (χ3v) is 4.81. The van der Waals surface area contributed by atoms with Crippen LogP contribution in [0.5, 0.6) is 11.5 Å². The van der Waals surface area contributed by atoms with Crippen LogP contribution in [0.1, 0.15) is 18.1 Å². The second-order valence-electron chi connectivity index (χ2n) is 5.42. The number of methoxy groups -OCH3 is 1. The van der Waals surface area contributed by atoms with Crippen molar-refractivity contribution in [2.75, 3.05) is 20.3 Å². The van der Waals surface area contributed by atoms with Crippen molar-refractivity contribution in [2.24, 2.45) is 5.10 Å². The molecular formula is C19H19BrCl2N2O4. The molecule has 0 aromatic heterocycles. The van der Waals surface area contributed by atoms with Gasteiger partial charge in [-0.25, -0.2) is 4.79 Å². The van der Waals surface area contributed by atoms with E-state index in [-0.39, 0.29) is 6.61 Å². The van der Waals surface area contributed by atoms with Gasteiger partial charge in [-0.2, -0.15) is 5.10 Å². The topological polar surface area (TPSA) is 69.1 Å². The number of hydrogen-bond acceptors (Lipinski definition) is 6. The van der Waals surface area contributed by atoms with E-state index in [2.05, 4.69) is 31.2 Å². The van der Waals surface area contributed by atoms with Crippen molar-refractivity contribution in [3.8, 4) is 11.5 Å². The van der Waals surface area contributed by atoms with E-state index in [1.54, 1.807) is 36.5 Å². The van der Waals surface area contributed by atoms with Gasteiger partial charge in [0.15, 0.2) is 18.1 Å². The van der Waals surface area contributed by atoms with Gasteiger partial charge in [-0.1, -0.05) is 29.3 Å². The molecule has 0 bridgehead atoms. The van der Waals surface area contributed by atoms with E-state index in [4.69, 9.17) is 32.7 Å². The summed E-state index contributed by atoms with van der Waals surface area (Å²) in [5, 5.41) is 5.34. The number of esters is 1. The minimum atomic E-state index is -0.484. The van der Waals surface area contributed by atoms with Crippen LogP contribution < -0.4 is 14.9 Å². The third kappa shape index (κ3) is 6.29. The number of nitrogens with one attached hydrogen (secondary N) is 1. The zero-order valence-electron chi connectivity index (χ0n) is 15.3. The van der Waals surface area contributed by atoms with Crippen molar-refractivity contribution in [3.05, 3.63) is 56.0 Å². The van der Waals surface area contributed by atoms with Crippen LogP contribution in [-0.2, 0) is 16.1 Å². The first-order valence-electron chi connectivity index (χ1n) is 8.31. The molecule has 0 fully saturated rings. The van der Waals surface area contributed by atoms with Crippen molar-refractivity contribution in [2.45, 2.75) is 13.5 Å². The van der Waals surface area contributed by atoms with Crippen LogP contribution in [0.15, 0.2) is 39.9 Å². The third-order valence-electron chi connectivity index (χ3n) is 3.52. The molecule has 0 atom stereocenters. The quantitative estimate of drug-likeness (QED) is 0.310. The van der Waals surface area contributed by atoms with Gasteiger partial charge < -0.3 is 19.6 Å². The summed E-state index contributed by atoms with van der Waals surface area (Å²) < 4.78 is 16.3. The van der Waals surface area contributed by atoms with Gasteiger partial charge >= 0.3 is 5.97 Å². The number of benzene rings is 2. The van der Waals surface area contributed by atoms with Crippen LogP contribution in [-0.4, -0.2) is 32.5 Å². The van der Waals surface area contributed by atoms with Crippen molar-refractivity contribution in [3.63, 3.8) is 0 Å². The lowest BCUT2D eigenvalue weighted by Gasteiger charge is -2.14. The number of carbonyl (C=O) groups excluding carboxylic acids is 1. The average molecular weight is 490 g/mol. The predicted molar refractivity (Wildman–Crippen MR) is 114 cm³/mol. The lowest BCUT2D eigenvalue weighted by Crippen LogP contribution is -2.13. The summed E-state index contributed by atoms with van der Waals surface area (Å²) in [5.74, 6) is 0.416. The van der Waals surface area contributed by atoms with Crippen LogP contribution >= 0.6 is 39.1 Å². The minimum absolute atomic E-state index is 0.219. The Bertz CT molecular complexity index is 842. The van der Waals surface area contributed by atoms with Gasteiger partial charge in [0.05, 0.1) is 30.9 Å². The maximum atomic E-state index is 11.3. The molecule has 0 aliphatic carbocycles. The summed E-state index contributed by atoms with van der Waals surface area (Å²) in [5.41, 5.74) is 4.45. The molecule has 2 rings (SSSR count). The van der Waals surface area contributed by atoms with Gasteiger partial charge in [0.25, 0.3) is 0 Å². The Morgan fingerprint density at radius 1 is 1.25 bits per heavy atom. The highest BCUT2D eigenvalue weighted by molar-refractivity contribution is 9.10. The fraction of sp³-hybridized carbons (Fsp3) is 0.263. The molecule has 0 aliphatic heterocycles. The SMILES string of the molecule is CCOc1cc(/C=N\NCc2c(Cl)cccc2Cl)cc(Br)c1OCC(=O)OC. The van der Waals surface area contributed by atoms with E-state index in [0.29, 0.717) is 39.2 Å². The summed E-state index contributed by atoms with van der Waals surface area (Å²) in [6.07, 6.45) is 1.63. The highest BCUT2D eigenvalue weighted by Crippen LogP contribution is 2.36. The molecule has 0 amide bonds. The molecule has 0 aliphatic rings. The number of hydrogen-bond donors (Lipinski definition) is 1. The largest absolute Gasteiger partial charge is 0.490 e. The summed E-state index contributed by atoms with van der Waals surface area (Å²) in [7, 11) is 1.30. The fourth-order valence-corrected chi connectivity index (χ4v) is 3.31. The Morgan fingerprint density at radius 2 is 1.96 bits per heavy atom. The number of ether oxygens (including phenoxy) is 3. The Balaban J connectivity index is 2.10. The van der Waals surface area contributed by atoms with E-state index in [9.17, 15) is 4.79 Å². The number of nitrogens with zero attached hydrogens (tertiary/aromatic N) is 1. The standard InChI is InChI=1S/C19H19BrCl2N2O4/c1-3-27-17-8-12(7-14(20)19(17)28-11-18(25)26-2)9-23-24-10-13-15(21)5-4-6-16(13)22/h4-9,24H,3,10-11H2,1-2H3/b23-9-. The van der Waals surface area contributed by atoms with Crippen LogP contribution in [0.25, 0.3) is 0 Å². The van der Waals surface area contributed by atoms with Gasteiger partial charge in [-0.05, 0) is 52.7 Å². The first-order valence-corrected chi connectivity index (χ1v) is 9.85. The highest BCUT2D eigenvalue weighted by atomic mass is 79.9. The van der Waals surface area contributed by atoms with Gasteiger partial charge in [-0.15, -0.1) is 0 Å². The Hall–Kier alpha value is -1.96. The molecular weight excluding hydrogens is 471 g/mol. The summed E-state index contributed by atoms with van der Waals surface area (Å²) >= 11 is 15.7. The molecule has 0 unspecified atom stereocenters. The van der Waals surface area contributed by atoms with E-state index in [0.717, 1.165) is 11.1 Å². The van der Waals surface area contributed by atoms with Gasteiger partial charge in [0, 0.05) is 15.6 Å². The predicted octanol–water partition coefficient (Wildman–Crippen LogP) is 4.83. The zero-order valence-corrected chi connectivity index (χ0v) is 18.4. The van der Waals surface area contributed by atoms with Crippen molar-refractivity contribution in [1.82, 2.24) is 5.43 Å². The normalized spacial score (nSPS) is 10.8. The molecule has 2 aromatic rings. The molecule has 0 spiro atoms. The van der Waals surface area contributed by atoms with E-state index in [1.165, 1.54) is 7.11 Å². The van der Waals surface area contributed by atoms with Gasteiger partial charge in [-0.3, -0.25) is 0 Å². The maximum Gasteiger partial charge on any atom is 0.343 e. The monoisotopic (exact) mass is 488 g/mol. The molecule has 150 valence electrons. The summed E-state index contributed by atoms with van der Waals surface area (Å²) in [4.78, 5) is 11.3. The molecule has 2 aromatic carbocycles. The summed E-state index contributed by atoms with van der Waals surface area (Å²) in [6.45, 7) is 2.45. The lowest BCUT2D eigenvalue weighted by molar-refractivity contribution is -0.142. The number of carbonyl (C=O) groups is 1. The fourth-order valence-electron chi connectivity index (χ4n) is 2.20. The Labute approximate surface area is 181 Å². The molecule has 0 saturated carbocycles. The van der Waals surface area contributed by atoms with E-state index >= 15 is 0 Å². The van der Waals surface area contributed by atoms with Crippen LogP contribution in [0.3, 0.4) is 0 Å². The number of hydrazone groups is 1. The average Bonchev–Trinajstić information content (AvgIpc) is 2.66. The van der Waals surface area contributed by atoms with Gasteiger partial charge in [0.1, 0.15) is 0 Å². The second-order valence-corrected chi connectivity index (χ2v) is 7.09. The molecule has 0 heterocycles. The molecule has 9 heteroatoms. The van der Waals surface area contributed by atoms with Crippen LogP contribution in [0, 0.1) is 0 Å². The van der Waals surface area contributed by atoms with Crippen molar-refractivity contribution < 1.29 is 19.0 Å². The maximum absolute atomic E-state index is 11.3. The Kier molecular flexibility index (Phi) is 8.89. The molecule has 1 N–H and O–H groups in total. The highest BCUT2D eigenvalue weighted by Gasteiger charge is 2.14. The van der Waals surface area contributed by atoms with E-state index in [1.807, 2.05) is 6.92 Å². The summed E-state index contributed by atoms with van der Waals surface area (Å²) in [6, 6.07) is 8.88. The first kappa shape index (κ1) is 22.3. The van der Waals surface area contributed by atoms with Crippen molar-refractivity contribution >= 4 is 51.3 Å².